The van der Waals surface area contributed by atoms with E-state index in [-0.39, 0.29) is 18.1 Å². The highest BCUT2D eigenvalue weighted by Crippen LogP contribution is 2.36. The maximum Gasteiger partial charge on any atom is 0.339 e. The SMILES string of the molecule is COC1=CN(C)C(C(F)F)C=C1c1cc(N2CCOCC2=O)ccc1C(=O)OC(C)(C)C. The Morgan fingerprint density at radius 3 is 2.59 bits per heavy atom. The van der Waals surface area contributed by atoms with E-state index in [1.165, 1.54) is 31.3 Å². The Labute approximate surface area is 186 Å². The zero-order valence-electron chi connectivity index (χ0n) is 18.9. The molecule has 0 aliphatic carbocycles. The summed E-state index contributed by atoms with van der Waals surface area (Å²) in [5.41, 5.74) is 0.655. The van der Waals surface area contributed by atoms with E-state index in [4.69, 9.17) is 14.2 Å². The van der Waals surface area contributed by atoms with Crippen LogP contribution in [0.1, 0.15) is 36.7 Å². The first-order chi connectivity index (χ1) is 15.0. The Bertz CT molecular complexity index is 952. The summed E-state index contributed by atoms with van der Waals surface area (Å²) in [6.45, 7) is 5.90. The number of ether oxygens (including phenoxy) is 3. The van der Waals surface area contributed by atoms with E-state index in [0.717, 1.165) is 0 Å². The van der Waals surface area contributed by atoms with Gasteiger partial charge in [0.05, 0.1) is 19.3 Å². The van der Waals surface area contributed by atoms with E-state index < -0.39 is 24.0 Å². The first-order valence-corrected chi connectivity index (χ1v) is 10.3. The van der Waals surface area contributed by atoms with E-state index in [9.17, 15) is 18.4 Å². The number of likely N-dealkylation sites (N-methyl/N-ethyl adjacent to an activating group) is 1. The van der Waals surface area contributed by atoms with E-state index in [0.29, 0.717) is 35.7 Å². The van der Waals surface area contributed by atoms with Gasteiger partial charge in [0.15, 0.2) is 0 Å². The molecule has 1 unspecified atom stereocenters. The normalized spacial score (nSPS) is 19.6. The van der Waals surface area contributed by atoms with Gasteiger partial charge in [-0.15, -0.1) is 0 Å². The average molecular weight is 450 g/mol. The quantitative estimate of drug-likeness (QED) is 0.640. The van der Waals surface area contributed by atoms with Crippen molar-refractivity contribution in [1.29, 1.82) is 0 Å². The summed E-state index contributed by atoms with van der Waals surface area (Å²) in [6.07, 6.45) is 0.188. The molecule has 0 aromatic heterocycles. The molecular weight excluding hydrogens is 422 g/mol. The molecule has 2 heterocycles. The van der Waals surface area contributed by atoms with Gasteiger partial charge >= 0.3 is 5.97 Å². The summed E-state index contributed by atoms with van der Waals surface area (Å²) in [6, 6.07) is 3.62. The lowest BCUT2D eigenvalue weighted by atomic mass is 9.93. The van der Waals surface area contributed by atoms with Crippen molar-refractivity contribution in [2.24, 2.45) is 0 Å². The third kappa shape index (κ3) is 5.09. The molecule has 0 N–H and O–H groups in total. The molecule has 7 nitrogen and oxygen atoms in total. The van der Waals surface area contributed by atoms with Crippen molar-refractivity contribution in [3.05, 3.63) is 47.4 Å². The number of morpholine rings is 1. The Morgan fingerprint density at radius 2 is 2.00 bits per heavy atom. The fraction of sp³-hybridized carbons (Fsp3) is 0.478. The number of anilines is 1. The first-order valence-electron chi connectivity index (χ1n) is 10.3. The molecular formula is C23H28F2N2O5. The third-order valence-electron chi connectivity index (χ3n) is 5.08. The first kappa shape index (κ1) is 23.7. The Morgan fingerprint density at radius 1 is 1.28 bits per heavy atom. The van der Waals surface area contributed by atoms with Gasteiger partial charge in [-0.05, 0) is 45.0 Å². The molecule has 2 aliphatic rings. The van der Waals surface area contributed by atoms with E-state index >= 15 is 0 Å². The van der Waals surface area contributed by atoms with Crippen molar-refractivity contribution >= 4 is 23.1 Å². The van der Waals surface area contributed by atoms with E-state index in [1.807, 2.05) is 0 Å². The molecule has 2 aliphatic heterocycles. The number of amides is 1. The number of hydrogen-bond donors (Lipinski definition) is 0. The van der Waals surface area contributed by atoms with Crippen LogP contribution in [0.2, 0.25) is 0 Å². The second-order valence-electron chi connectivity index (χ2n) is 8.60. The van der Waals surface area contributed by atoms with Crippen LogP contribution in [0, 0.1) is 0 Å². The molecule has 1 atom stereocenters. The van der Waals surface area contributed by atoms with Crippen LogP contribution in [-0.4, -0.2) is 68.8 Å². The van der Waals surface area contributed by atoms with Crippen LogP contribution >= 0.6 is 0 Å². The van der Waals surface area contributed by atoms with Gasteiger partial charge in [-0.3, -0.25) is 4.79 Å². The minimum atomic E-state index is -2.65. The number of carbonyl (C=O) groups excluding carboxylic acids is 2. The van der Waals surface area contributed by atoms with Crippen LogP contribution in [0.4, 0.5) is 14.5 Å². The van der Waals surface area contributed by atoms with Crippen molar-refractivity contribution < 1.29 is 32.6 Å². The largest absolute Gasteiger partial charge is 0.495 e. The minimum absolute atomic E-state index is 0.0483. The van der Waals surface area contributed by atoms with Gasteiger partial charge in [-0.2, -0.15) is 0 Å². The fourth-order valence-electron chi connectivity index (χ4n) is 3.57. The molecule has 0 radical (unpaired) electrons. The number of allylic oxidation sites excluding steroid dienone is 1. The average Bonchev–Trinajstić information content (AvgIpc) is 2.72. The summed E-state index contributed by atoms with van der Waals surface area (Å²) < 4.78 is 43.5. The molecule has 1 fully saturated rings. The van der Waals surface area contributed by atoms with Gasteiger partial charge in [-0.25, -0.2) is 13.6 Å². The lowest BCUT2D eigenvalue weighted by Crippen LogP contribution is -2.41. The molecule has 0 bridgehead atoms. The van der Waals surface area contributed by atoms with Gasteiger partial charge in [0.2, 0.25) is 0 Å². The highest BCUT2D eigenvalue weighted by molar-refractivity contribution is 6.01. The van der Waals surface area contributed by atoms with Crippen molar-refractivity contribution in [2.45, 2.75) is 38.8 Å². The number of nitrogens with zero attached hydrogens (tertiary/aromatic N) is 2. The summed E-state index contributed by atoms with van der Waals surface area (Å²) in [4.78, 5) is 28.2. The van der Waals surface area contributed by atoms with Gasteiger partial charge in [-0.1, -0.05) is 0 Å². The molecule has 9 heteroatoms. The molecule has 1 aromatic carbocycles. The van der Waals surface area contributed by atoms with Gasteiger partial charge in [0.1, 0.15) is 24.0 Å². The molecule has 1 amide bonds. The van der Waals surface area contributed by atoms with Gasteiger partial charge < -0.3 is 24.0 Å². The van der Waals surface area contributed by atoms with Crippen LogP contribution in [0.3, 0.4) is 0 Å². The number of rotatable bonds is 5. The fourth-order valence-corrected chi connectivity index (χ4v) is 3.57. The summed E-state index contributed by atoms with van der Waals surface area (Å²) in [5, 5.41) is 0. The second-order valence-corrected chi connectivity index (χ2v) is 8.60. The predicted octanol–water partition coefficient (Wildman–Crippen LogP) is 3.46. The monoisotopic (exact) mass is 450 g/mol. The maximum absolute atomic E-state index is 13.7. The predicted molar refractivity (Wildman–Crippen MR) is 115 cm³/mol. The van der Waals surface area contributed by atoms with Crippen LogP contribution < -0.4 is 4.90 Å². The molecule has 0 saturated carbocycles. The van der Waals surface area contributed by atoms with Crippen LogP contribution in [0.5, 0.6) is 0 Å². The number of halogens is 2. The number of alkyl halides is 2. The summed E-state index contributed by atoms with van der Waals surface area (Å²) >= 11 is 0. The number of esters is 1. The topological polar surface area (TPSA) is 68.3 Å². The molecule has 1 aromatic rings. The van der Waals surface area contributed by atoms with E-state index in [2.05, 4.69) is 0 Å². The molecule has 3 rings (SSSR count). The third-order valence-corrected chi connectivity index (χ3v) is 5.08. The summed E-state index contributed by atoms with van der Waals surface area (Å²) in [7, 11) is 2.96. The van der Waals surface area contributed by atoms with Crippen molar-refractivity contribution in [3.63, 3.8) is 0 Å². The minimum Gasteiger partial charge on any atom is -0.495 e. The van der Waals surface area contributed by atoms with Gasteiger partial charge in [0, 0.05) is 36.6 Å². The Hall–Kier alpha value is -2.94. The van der Waals surface area contributed by atoms with Crippen molar-refractivity contribution in [2.75, 3.05) is 38.8 Å². The lowest BCUT2D eigenvalue weighted by Gasteiger charge is -2.32. The zero-order valence-corrected chi connectivity index (χ0v) is 18.9. The van der Waals surface area contributed by atoms with Crippen LogP contribution in [0.15, 0.2) is 36.2 Å². The highest BCUT2D eigenvalue weighted by atomic mass is 19.3. The Kier molecular flexibility index (Phi) is 6.88. The zero-order chi connectivity index (χ0) is 23.6. The van der Waals surface area contributed by atoms with Crippen molar-refractivity contribution in [3.8, 4) is 0 Å². The smallest absolute Gasteiger partial charge is 0.339 e. The van der Waals surface area contributed by atoms with Crippen molar-refractivity contribution in [1.82, 2.24) is 4.90 Å². The second kappa shape index (κ2) is 9.28. The highest BCUT2D eigenvalue weighted by Gasteiger charge is 2.31. The number of benzene rings is 1. The van der Waals surface area contributed by atoms with Gasteiger partial charge in [0.25, 0.3) is 12.3 Å². The molecule has 32 heavy (non-hydrogen) atoms. The molecule has 0 spiro atoms. The number of methoxy groups -OCH3 is 1. The Balaban J connectivity index is 2.16. The molecule has 174 valence electrons. The van der Waals surface area contributed by atoms with Crippen LogP contribution in [-0.2, 0) is 19.0 Å². The number of carbonyl (C=O) groups is 2. The standard InChI is InChI=1S/C23H28F2N2O5/c1-23(2,3)32-22(29)15-7-6-14(27-8-9-31-13-20(27)28)10-16(15)17-11-18(21(24)25)26(4)12-19(17)30-5/h6-7,10-12,18,21H,8-9,13H2,1-5H3. The lowest BCUT2D eigenvalue weighted by molar-refractivity contribution is -0.125. The molecule has 1 saturated heterocycles. The van der Waals surface area contributed by atoms with E-state index in [1.54, 1.807) is 43.9 Å². The maximum atomic E-state index is 13.7. The van der Waals surface area contributed by atoms with Crippen LogP contribution in [0.25, 0.3) is 5.57 Å². The number of hydrogen-bond acceptors (Lipinski definition) is 6. The summed E-state index contributed by atoms with van der Waals surface area (Å²) in [5.74, 6) is -0.506.